The highest BCUT2D eigenvalue weighted by Gasteiger charge is 2.17. The van der Waals surface area contributed by atoms with Crippen molar-refractivity contribution < 1.29 is 19.8 Å². The third kappa shape index (κ3) is 16.6. The molecule has 1 fully saturated rings. The number of nitrogens with one attached hydrogen (secondary N) is 2. The van der Waals surface area contributed by atoms with E-state index in [1.54, 1.807) is 12.1 Å². The van der Waals surface area contributed by atoms with Gasteiger partial charge in [-0.1, -0.05) is 23.8 Å². The predicted molar refractivity (Wildman–Crippen MR) is 181 cm³/mol. The third-order valence-corrected chi connectivity index (χ3v) is 9.05. The van der Waals surface area contributed by atoms with Crippen LogP contribution in [0.4, 0.5) is 0 Å². The topological polar surface area (TPSA) is 112 Å². The number of carbonyl (C=O) groups is 2. The van der Waals surface area contributed by atoms with Gasteiger partial charge in [-0.15, -0.1) is 0 Å². The standard InChI is InChI=1S/C35H60N6O4/c1-38(18-4-3-8-34(44)36-28-30-10-14-32(42)15-11-30)20-6-22-40-24-26-41(27-25-40)23-7-21-39(2)19-5-9-35(45)37-29-31-12-16-33(43)17-13-31/h10-12,14-15,33,42-43H,3-9,13,16-29H2,1-2H3,(H,36,44)(H,37,45). The highest BCUT2D eigenvalue weighted by Crippen LogP contribution is 2.17. The van der Waals surface area contributed by atoms with Gasteiger partial charge in [0.25, 0.3) is 0 Å². The fourth-order valence-electron chi connectivity index (χ4n) is 6.00. The molecular weight excluding hydrogens is 568 g/mol. The van der Waals surface area contributed by atoms with Crippen molar-refractivity contribution in [2.45, 2.75) is 76.9 Å². The Hall–Kier alpha value is -2.50. The fraction of sp³-hybridized carbons (Fsp3) is 0.714. The third-order valence-electron chi connectivity index (χ3n) is 9.05. The lowest BCUT2D eigenvalue weighted by atomic mass is 9.97. The van der Waals surface area contributed by atoms with Gasteiger partial charge in [-0.2, -0.15) is 0 Å². The van der Waals surface area contributed by atoms with E-state index in [0.717, 1.165) is 110 Å². The maximum atomic E-state index is 12.2. The summed E-state index contributed by atoms with van der Waals surface area (Å²) in [4.78, 5) is 34.2. The zero-order valence-electron chi connectivity index (χ0n) is 28.0. The number of amides is 2. The molecule has 1 aliphatic heterocycles. The number of aliphatic hydroxyl groups is 1. The van der Waals surface area contributed by atoms with Crippen molar-refractivity contribution in [1.29, 1.82) is 0 Å². The molecule has 4 N–H and O–H groups in total. The van der Waals surface area contributed by atoms with Gasteiger partial charge in [0.2, 0.25) is 11.8 Å². The number of hydrogen-bond acceptors (Lipinski definition) is 8. The van der Waals surface area contributed by atoms with Crippen molar-refractivity contribution in [2.24, 2.45) is 0 Å². The molecule has 0 saturated carbocycles. The van der Waals surface area contributed by atoms with Gasteiger partial charge in [-0.05, 0) is 122 Å². The van der Waals surface area contributed by atoms with Crippen LogP contribution in [0.1, 0.15) is 69.8 Å². The number of phenols is 1. The van der Waals surface area contributed by atoms with Crippen LogP contribution in [0.3, 0.4) is 0 Å². The molecule has 45 heavy (non-hydrogen) atoms. The van der Waals surface area contributed by atoms with Gasteiger partial charge >= 0.3 is 0 Å². The van der Waals surface area contributed by atoms with Crippen molar-refractivity contribution in [3.8, 4) is 5.75 Å². The van der Waals surface area contributed by atoms with E-state index in [1.807, 2.05) is 12.1 Å². The molecule has 0 radical (unpaired) electrons. The van der Waals surface area contributed by atoms with Crippen LogP contribution in [0.2, 0.25) is 0 Å². The lowest BCUT2D eigenvalue weighted by Gasteiger charge is -2.35. The number of nitrogens with zero attached hydrogens (tertiary/aromatic N) is 4. The minimum Gasteiger partial charge on any atom is -0.508 e. The minimum absolute atomic E-state index is 0.0838. The number of piperazine rings is 1. The molecule has 0 bridgehead atoms. The molecule has 0 spiro atoms. The van der Waals surface area contributed by atoms with E-state index < -0.39 is 0 Å². The number of aromatic hydroxyl groups is 1. The van der Waals surface area contributed by atoms with E-state index in [4.69, 9.17) is 0 Å². The zero-order valence-corrected chi connectivity index (χ0v) is 28.0. The first kappa shape index (κ1) is 37.0. The first-order valence-electron chi connectivity index (χ1n) is 17.3. The van der Waals surface area contributed by atoms with Crippen LogP contribution < -0.4 is 10.6 Å². The summed E-state index contributed by atoms with van der Waals surface area (Å²) in [5.41, 5.74) is 2.23. The Balaban J connectivity index is 1.10. The monoisotopic (exact) mass is 628 g/mol. The SMILES string of the molecule is CN(CCCCC(=O)NCc1ccc(O)cc1)CCCN1CCN(CCCN(C)CCCC(=O)NCC2=CCC(O)CC2)CC1. The fourth-order valence-corrected chi connectivity index (χ4v) is 6.00. The van der Waals surface area contributed by atoms with Gasteiger partial charge in [-0.25, -0.2) is 0 Å². The number of benzene rings is 1. The molecule has 1 aromatic carbocycles. The molecule has 254 valence electrons. The number of unbranched alkanes of at least 4 members (excludes halogenated alkanes) is 1. The first-order valence-corrected chi connectivity index (χ1v) is 17.3. The Morgan fingerprint density at radius 3 is 1.89 bits per heavy atom. The summed E-state index contributed by atoms with van der Waals surface area (Å²) >= 11 is 0. The molecule has 1 atom stereocenters. The molecule has 0 aromatic heterocycles. The number of rotatable bonds is 21. The van der Waals surface area contributed by atoms with Crippen LogP contribution in [0.5, 0.6) is 5.75 Å². The second-order valence-electron chi connectivity index (χ2n) is 13.1. The van der Waals surface area contributed by atoms with Crippen LogP contribution in [-0.4, -0.2) is 134 Å². The Morgan fingerprint density at radius 2 is 1.31 bits per heavy atom. The number of aliphatic hydroxyl groups excluding tert-OH is 1. The Bertz CT molecular complexity index is 1010. The summed E-state index contributed by atoms with van der Waals surface area (Å²) in [5.74, 6) is 0.448. The second-order valence-corrected chi connectivity index (χ2v) is 13.1. The van der Waals surface area contributed by atoms with Gasteiger partial charge in [0.1, 0.15) is 5.75 Å². The van der Waals surface area contributed by atoms with Crippen LogP contribution in [0.15, 0.2) is 35.9 Å². The molecule has 2 amide bonds. The molecule has 1 heterocycles. The van der Waals surface area contributed by atoms with Gasteiger partial charge in [0, 0.05) is 52.1 Å². The number of hydrogen-bond donors (Lipinski definition) is 4. The van der Waals surface area contributed by atoms with Crippen molar-refractivity contribution in [3.63, 3.8) is 0 Å². The maximum absolute atomic E-state index is 12.2. The predicted octanol–water partition coefficient (Wildman–Crippen LogP) is 2.81. The lowest BCUT2D eigenvalue weighted by molar-refractivity contribution is -0.122. The highest BCUT2D eigenvalue weighted by molar-refractivity contribution is 5.76. The van der Waals surface area contributed by atoms with Crippen LogP contribution >= 0.6 is 0 Å². The van der Waals surface area contributed by atoms with E-state index in [-0.39, 0.29) is 23.7 Å². The molecule has 3 rings (SSSR count). The normalized spacial score (nSPS) is 17.9. The second kappa shape index (κ2) is 21.3. The number of carbonyl (C=O) groups excluding carboxylic acids is 2. The average molecular weight is 629 g/mol. The Labute approximate surface area is 271 Å². The Kier molecular flexibility index (Phi) is 17.5. The van der Waals surface area contributed by atoms with E-state index in [2.05, 4.69) is 50.4 Å². The summed E-state index contributed by atoms with van der Waals surface area (Å²) in [6.07, 6.45) is 10.5. The van der Waals surface area contributed by atoms with Gasteiger partial charge in [-0.3, -0.25) is 9.59 Å². The van der Waals surface area contributed by atoms with Gasteiger partial charge in [0.15, 0.2) is 0 Å². The molecule has 1 aliphatic carbocycles. The minimum atomic E-state index is -0.213. The smallest absolute Gasteiger partial charge is 0.220 e. The summed E-state index contributed by atoms with van der Waals surface area (Å²) in [6, 6.07) is 6.93. The quantitative estimate of drug-likeness (QED) is 0.122. The molecule has 1 aromatic rings. The summed E-state index contributed by atoms with van der Waals surface area (Å²) in [6.45, 7) is 12.1. The molecule has 1 unspecified atom stereocenters. The van der Waals surface area contributed by atoms with Crippen LogP contribution in [0, 0.1) is 0 Å². The van der Waals surface area contributed by atoms with Crippen molar-refractivity contribution in [3.05, 3.63) is 41.5 Å². The number of phenolic OH excluding ortho intramolecular Hbond substituents is 1. The van der Waals surface area contributed by atoms with Gasteiger partial charge < -0.3 is 40.4 Å². The van der Waals surface area contributed by atoms with E-state index in [9.17, 15) is 19.8 Å². The van der Waals surface area contributed by atoms with Crippen LogP contribution in [0.25, 0.3) is 0 Å². The van der Waals surface area contributed by atoms with Crippen molar-refractivity contribution in [2.75, 3.05) is 86.1 Å². The largest absolute Gasteiger partial charge is 0.508 e. The van der Waals surface area contributed by atoms with Crippen LogP contribution in [-0.2, 0) is 16.1 Å². The molecule has 2 aliphatic rings. The van der Waals surface area contributed by atoms with E-state index in [1.165, 1.54) is 12.0 Å². The van der Waals surface area contributed by atoms with E-state index >= 15 is 0 Å². The zero-order chi connectivity index (χ0) is 32.3. The molecular formula is C35H60N6O4. The average Bonchev–Trinajstić information content (AvgIpc) is 3.03. The van der Waals surface area contributed by atoms with Crippen molar-refractivity contribution in [1.82, 2.24) is 30.2 Å². The summed E-state index contributed by atoms with van der Waals surface area (Å²) in [7, 11) is 4.33. The summed E-state index contributed by atoms with van der Waals surface area (Å²) in [5, 5.41) is 24.9. The Morgan fingerprint density at radius 1 is 0.778 bits per heavy atom. The lowest BCUT2D eigenvalue weighted by Crippen LogP contribution is -2.47. The molecule has 10 nitrogen and oxygen atoms in total. The maximum Gasteiger partial charge on any atom is 0.220 e. The first-order chi connectivity index (χ1) is 21.8. The highest BCUT2D eigenvalue weighted by atomic mass is 16.3. The van der Waals surface area contributed by atoms with Crippen molar-refractivity contribution >= 4 is 11.8 Å². The summed E-state index contributed by atoms with van der Waals surface area (Å²) < 4.78 is 0. The van der Waals surface area contributed by atoms with Gasteiger partial charge in [0.05, 0.1) is 6.10 Å². The van der Waals surface area contributed by atoms with E-state index in [0.29, 0.717) is 32.4 Å². The molecule has 10 heteroatoms. The molecule has 1 saturated heterocycles.